The molecule has 1 aliphatic rings. The minimum atomic E-state index is -0.380. The maximum Gasteiger partial charge on any atom is 0.313 e. The summed E-state index contributed by atoms with van der Waals surface area (Å²) >= 11 is 0. The summed E-state index contributed by atoms with van der Waals surface area (Å²) < 4.78 is 4.78. The van der Waals surface area contributed by atoms with Crippen LogP contribution in [0.3, 0.4) is 0 Å². The highest BCUT2D eigenvalue weighted by atomic mass is 16.5. The highest BCUT2D eigenvalue weighted by Crippen LogP contribution is 2.41. The number of hydrogen-bond donors (Lipinski definition) is 1. The van der Waals surface area contributed by atoms with Crippen LogP contribution < -0.4 is 5.73 Å². The van der Waals surface area contributed by atoms with Crippen molar-refractivity contribution in [3.63, 3.8) is 0 Å². The monoisotopic (exact) mass is 171 g/mol. The summed E-state index contributed by atoms with van der Waals surface area (Å²) in [7, 11) is 1.44. The Morgan fingerprint density at radius 1 is 1.50 bits per heavy atom. The van der Waals surface area contributed by atoms with Gasteiger partial charge in [0.05, 0.1) is 12.5 Å². The minimum absolute atomic E-state index is 0.0903. The van der Waals surface area contributed by atoms with Crippen molar-refractivity contribution in [2.24, 2.45) is 11.1 Å². The van der Waals surface area contributed by atoms with E-state index >= 15 is 0 Å². The van der Waals surface area contributed by atoms with Gasteiger partial charge in [-0.25, -0.2) is 0 Å². The highest BCUT2D eigenvalue weighted by Gasteiger charge is 2.45. The standard InChI is InChI=1S/C9H17NO2/c1-7(10)9(8(11)12-2)5-3-4-6-9/h7H,3-6,10H2,1-2H3. The third kappa shape index (κ3) is 1.33. The van der Waals surface area contributed by atoms with Crippen molar-refractivity contribution in [2.75, 3.05) is 7.11 Å². The smallest absolute Gasteiger partial charge is 0.313 e. The summed E-state index contributed by atoms with van der Waals surface area (Å²) in [5.74, 6) is -0.130. The van der Waals surface area contributed by atoms with Gasteiger partial charge < -0.3 is 10.5 Å². The minimum Gasteiger partial charge on any atom is -0.469 e. The molecular formula is C9H17NO2. The Kier molecular flexibility index (Phi) is 2.73. The topological polar surface area (TPSA) is 52.3 Å². The van der Waals surface area contributed by atoms with Crippen LogP contribution in [0.15, 0.2) is 0 Å². The quantitative estimate of drug-likeness (QED) is 0.632. The molecule has 0 aromatic rings. The van der Waals surface area contributed by atoms with E-state index in [1.54, 1.807) is 0 Å². The van der Waals surface area contributed by atoms with Crippen molar-refractivity contribution in [2.45, 2.75) is 38.6 Å². The molecule has 1 aliphatic carbocycles. The molecule has 70 valence electrons. The van der Waals surface area contributed by atoms with Crippen LogP contribution in [0, 0.1) is 5.41 Å². The summed E-state index contributed by atoms with van der Waals surface area (Å²) in [6.45, 7) is 1.89. The van der Waals surface area contributed by atoms with Gasteiger partial charge in [0.2, 0.25) is 0 Å². The number of rotatable bonds is 2. The van der Waals surface area contributed by atoms with Gasteiger partial charge in [-0.15, -0.1) is 0 Å². The van der Waals surface area contributed by atoms with Crippen LogP contribution in [-0.2, 0) is 9.53 Å². The third-order valence-electron chi connectivity index (χ3n) is 2.96. The molecule has 2 N–H and O–H groups in total. The van der Waals surface area contributed by atoms with E-state index < -0.39 is 0 Å². The van der Waals surface area contributed by atoms with E-state index in [4.69, 9.17) is 10.5 Å². The van der Waals surface area contributed by atoms with Gasteiger partial charge in [-0.2, -0.15) is 0 Å². The Bertz CT molecular complexity index is 171. The number of hydrogen-bond acceptors (Lipinski definition) is 3. The number of nitrogens with two attached hydrogens (primary N) is 1. The summed E-state index contributed by atoms with van der Waals surface area (Å²) in [5.41, 5.74) is 5.43. The zero-order valence-electron chi connectivity index (χ0n) is 7.80. The third-order valence-corrected chi connectivity index (χ3v) is 2.96. The lowest BCUT2D eigenvalue weighted by Gasteiger charge is -2.29. The fourth-order valence-electron chi connectivity index (χ4n) is 2.05. The zero-order valence-corrected chi connectivity index (χ0v) is 7.80. The van der Waals surface area contributed by atoms with Crippen LogP contribution in [-0.4, -0.2) is 19.1 Å². The molecule has 1 atom stereocenters. The summed E-state index contributed by atoms with van der Waals surface area (Å²) in [5, 5.41) is 0. The fourth-order valence-corrected chi connectivity index (χ4v) is 2.05. The first-order valence-electron chi connectivity index (χ1n) is 4.47. The number of carbonyl (C=O) groups excluding carboxylic acids is 1. The molecule has 3 heteroatoms. The van der Waals surface area contributed by atoms with Gasteiger partial charge in [0.25, 0.3) is 0 Å². The Balaban J connectivity index is 2.78. The van der Waals surface area contributed by atoms with Gasteiger partial charge in [0, 0.05) is 6.04 Å². The summed E-state index contributed by atoms with van der Waals surface area (Å²) in [6.07, 6.45) is 3.96. The van der Waals surface area contributed by atoms with E-state index in [9.17, 15) is 4.79 Å². The lowest BCUT2D eigenvalue weighted by atomic mass is 9.80. The van der Waals surface area contributed by atoms with E-state index in [2.05, 4.69) is 0 Å². The van der Waals surface area contributed by atoms with E-state index in [0.29, 0.717) is 0 Å². The lowest BCUT2D eigenvalue weighted by molar-refractivity contribution is -0.153. The summed E-state index contributed by atoms with van der Waals surface area (Å²) in [4.78, 5) is 11.5. The molecule has 0 bridgehead atoms. The molecule has 1 saturated carbocycles. The first kappa shape index (κ1) is 9.52. The van der Waals surface area contributed by atoms with Crippen molar-refractivity contribution in [3.05, 3.63) is 0 Å². The normalized spacial score (nSPS) is 23.6. The van der Waals surface area contributed by atoms with Crippen molar-refractivity contribution in [3.8, 4) is 0 Å². The van der Waals surface area contributed by atoms with Gasteiger partial charge in [-0.1, -0.05) is 12.8 Å². The predicted molar refractivity (Wildman–Crippen MR) is 46.6 cm³/mol. The molecule has 0 aromatic carbocycles. The molecule has 0 radical (unpaired) electrons. The Labute approximate surface area is 73.3 Å². The van der Waals surface area contributed by atoms with Crippen molar-refractivity contribution in [1.29, 1.82) is 0 Å². The average Bonchev–Trinajstić information content (AvgIpc) is 2.52. The molecule has 0 aromatic heterocycles. The maximum atomic E-state index is 11.5. The molecule has 0 heterocycles. The molecule has 1 rings (SSSR count). The Morgan fingerprint density at radius 3 is 2.33 bits per heavy atom. The average molecular weight is 171 g/mol. The van der Waals surface area contributed by atoms with Crippen LogP contribution in [0.2, 0.25) is 0 Å². The SMILES string of the molecule is COC(=O)C1(C(C)N)CCCC1. The Morgan fingerprint density at radius 2 is 2.00 bits per heavy atom. The van der Waals surface area contributed by atoms with Crippen LogP contribution in [0.1, 0.15) is 32.6 Å². The van der Waals surface area contributed by atoms with Crippen molar-refractivity contribution >= 4 is 5.97 Å². The van der Waals surface area contributed by atoms with Crippen molar-refractivity contribution in [1.82, 2.24) is 0 Å². The van der Waals surface area contributed by atoms with Crippen LogP contribution in [0.25, 0.3) is 0 Å². The first-order valence-corrected chi connectivity index (χ1v) is 4.47. The second-order valence-corrected chi connectivity index (χ2v) is 3.64. The highest BCUT2D eigenvalue weighted by molar-refractivity contribution is 5.78. The summed E-state index contributed by atoms with van der Waals surface area (Å²) in [6, 6.07) is -0.0903. The second kappa shape index (κ2) is 3.44. The number of methoxy groups -OCH3 is 1. The lowest BCUT2D eigenvalue weighted by Crippen LogP contribution is -2.44. The van der Waals surface area contributed by atoms with Crippen LogP contribution in [0.5, 0.6) is 0 Å². The Hall–Kier alpha value is -0.570. The van der Waals surface area contributed by atoms with Crippen LogP contribution >= 0.6 is 0 Å². The van der Waals surface area contributed by atoms with E-state index in [-0.39, 0.29) is 17.4 Å². The van der Waals surface area contributed by atoms with E-state index in [1.807, 2.05) is 6.92 Å². The fraction of sp³-hybridized carbons (Fsp3) is 0.889. The maximum absolute atomic E-state index is 11.5. The van der Waals surface area contributed by atoms with Gasteiger partial charge in [-0.05, 0) is 19.8 Å². The molecule has 0 aliphatic heterocycles. The molecule has 12 heavy (non-hydrogen) atoms. The zero-order chi connectivity index (χ0) is 9.19. The molecular weight excluding hydrogens is 154 g/mol. The molecule has 1 unspecified atom stereocenters. The van der Waals surface area contributed by atoms with Crippen molar-refractivity contribution < 1.29 is 9.53 Å². The largest absolute Gasteiger partial charge is 0.469 e. The number of ether oxygens (including phenoxy) is 1. The molecule has 3 nitrogen and oxygen atoms in total. The van der Waals surface area contributed by atoms with Crippen LogP contribution in [0.4, 0.5) is 0 Å². The molecule has 1 fully saturated rings. The first-order chi connectivity index (χ1) is 5.63. The van der Waals surface area contributed by atoms with Gasteiger partial charge in [0.15, 0.2) is 0 Å². The molecule has 0 spiro atoms. The molecule has 0 amide bonds. The predicted octanol–water partition coefficient (Wildman–Crippen LogP) is 1.07. The van der Waals surface area contributed by atoms with Gasteiger partial charge in [0.1, 0.15) is 0 Å². The van der Waals surface area contributed by atoms with Gasteiger partial charge >= 0.3 is 5.97 Å². The molecule has 0 saturated heterocycles. The van der Waals surface area contributed by atoms with E-state index in [0.717, 1.165) is 25.7 Å². The number of carbonyl (C=O) groups is 1. The van der Waals surface area contributed by atoms with Gasteiger partial charge in [-0.3, -0.25) is 4.79 Å². The number of esters is 1. The second-order valence-electron chi connectivity index (χ2n) is 3.64. The van der Waals surface area contributed by atoms with E-state index in [1.165, 1.54) is 7.11 Å².